The first-order valence-electron chi connectivity index (χ1n) is 8.45. The quantitative estimate of drug-likeness (QED) is 0.704. The summed E-state index contributed by atoms with van der Waals surface area (Å²) in [6.07, 6.45) is 1.67. The molecule has 0 bridgehead atoms. The number of hydrogen-bond donors (Lipinski definition) is 2. The second-order valence-corrected chi connectivity index (χ2v) is 6.82. The molecule has 0 saturated carbocycles. The molecule has 2 aromatic rings. The van der Waals surface area contributed by atoms with Crippen LogP contribution in [-0.2, 0) is 4.79 Å². The minimum absolute atomic E-state index is 0.272. The van der Waals surface area contributed by atoms with Gasteiger partial charge in [-0.15, -0.1) is 0 Å². The Morgan fingerprint density at radius 1 is 1.07 bits per heavy atom. The number of carbonyl (C=O) groups is 2. The van der Waals surface area contributed by atoms with Crippen LogP contribution in [0.4, 0.5) is 5.69 Å². The number of benzene rings is 2. The van der Waals surface area contributed by atoms with Crippen LogP contribution in [0.15, 0.2) is 46.3 Å². The topological polar surface area (TPSA) is 112 Å². The van der Waals surface area contributed by atoms with E-state index in [1.165, 1.54) is 21.3 Å². The molecule has 3 rings (SSSR count). The molecule has 8 nitrogen and oxygen atoms in total. The summed E-state index contributed by atoms with van der Waals surface area (Å²) in [6, 6.07) is 10.1. The van der Waals surface area contributed by atoms with Crippen LogP contribution in [0.25, 0.3) is 6.08 Å². The number of primary amides is 1. The lowest BCUT2D eigenvalue weighted by Gasteiger charge is -2.14. The summed E-state index contributed by atoms with van der Waals surface area (Å²) in [5, 5.41) is 3.03. The zero-order valence-corrected chi connectivity index (χ0v) is 16.8. The molecule has 0 radical (unpaired) electrons. The Balaban J connectivity index is 1.96. The van der Waals surface area contributed by atoms with E-state index in [9.17, 15) is 9.59 Å². The van der Waals surface area contributed by atoms with Gasteiger partial charge in [-0.05, 0) is 42.1 Å². The van der Waals surface area contributed by atoms with Crippen LogP contribution in [0.3, 0.4) is 0 Å². The van der Waals surface area contributed by atoms with Gasteiger partial charge in [0.15, 0.2) is 16.7 Å². The van der Waals surface area contributed by atoms with Gasteiger partial charge in [0.1, 0.15) is 0 Å². The summed E-state index contributed by atoms with van der Waals surface area (Å²) in [4.78, 5) is 28.7. The average molecular weight is 413 g/mol. The van der Waals surface area contributed by atoms with Crippen molar-refractivity contribution in [2.24, 2.45) is 10.7 Å². The Kier molecular flexibility index (Phi) is 6.08. The number of thioether (sulfide) groups is 1. The highest BCUT2D eigenvalue weighted by atomic mass is 32.2. The number of para-hydroxylation sites is 1. The van der Waals surface area contributed by atoms with Crippen LogP contribution in [0.2, 0.25) is 0 Å². The summed E-state index contributed by atoms with van der Waals surface area (Å²) in [5.74, 6) is 0.474. The molecule has 0 spiro atoms. The second kappa shape index (κ2) is 8.70. The highest BCUT2D eigenvalue weighted by Gasteiger charge is 2.25. The van der Waals surface area contributed by atoms with Crippen LogP contribution in [-0.4, -0.2) is 38.3 Å². The normalized spacial score (nSPS) is 16.0. The fourth-order valence-electron chi connectivity index (χ4n) is 2.75. The number of methoxy groups -OCH3 is 3. The maximum atomic E-state index is 12.4. The number of carbonyl (C=O) groups excluding carboxylic acids is 2. The van der Waals surface area contributed by atoms with Gasteiger partial charge in [-0.2, -0.15) is 0 Å². The predicted molar refractivity (Wildman–Crippen MR) is 112 cm³/mol. The molecule has 2 aromatic carbocycles. The van der Waals surface area contributed by atoms with Crippen molar-refractivity contribution in [2.45, 2.75) is 0 Å². The van der Waals surface area contributed by atoms with E-state index in [0.29, 0.717) is 38.6 Å². The van der Waals surface area contributed by atoms with Gasteiger partial charge in [0.05, 0.1) is 37.5 Å². The fraction of sp³-hybridized carbons (Fsp3) is 0.150. The van der Waals surface area contributed by atoms with Crippen molar-refractivity contribution in [3.63, 3.8) is 0 Å². The van der Waals surface area contributed by atoms with Crippen molar-refractivity contribution >= 4 is 40.5 Å². The lowest BCUT2D eigenvalue weighted by atomic mass is 10.1. The number of nitrogens with one attached hydrogen (secondary N) is 1. The van der Waals surface area contributed by atoms with Gasteiger partial charge >= 0.3 is 0 Å². The number of aliphatic imine (C=N–C) groups is 1. The predicted octanol–water partition coefficient (Wildman–Crippen LogP) is 2.70. The Hall–Kier alpha value is -3.46. The number of nitrogens with zero attached hydrogens (tertiary/aromatic N) is 1. The minimum Gasteiger partial charge on any atom is -0.493 e. The van der Waals surface area contributed by atoms with E-state index in [1.807, 2.05) is 0 Å². The third-order valence-electron chi connectivity index (χ3n) is 4.06. The maximum absolute atomic E-state index is 12.4. The van der Waals surface area contributed by atoms with Gasteiger partial charge in [-0.25, -0.2) is 4.99 Å². The Labute approximate surface area is 171 Å². The van der Waals surface area contributed by atoms with Gasteiger partial charge in [0.25, 0.3) is 11.8 Å². The third kappa shape index (κ3) is 4.19. The number of ether oxygens (including phenoxy) is 3. The SMILES string of the molecule is COc1ccc(/C=C2\SC(=Nc3ccccc3C(N)=O)NC2=O)c(OC)c1OC. The summed E-state index contributed by atoms with van der Waals surface area (Å²) in [6.45, 7) is 0. The summed E-state index contributed by atoms with van der Waals surface area (Å²) < 4.78 is 16.1. The molecule has 1 heterocycles. The highest BCUT2D eigenvalue weighted by Crippen LogP contribution is 2.41. The van der Waals surface area contributed by atoms with Crippen LogP contribution in [0.5, 0.6) is 17.2 Å². The molecule has 0 unspecified atom stereocenters. The highest BCUT2D eigenvalue weighted by molar-refractivity contribution is 8.18. The van der Waals surface area contributed by atoms with Crippen molar-refractivity contribution in [1.29, 1.82) is 0 Å². The molecule has 2 amide bonds. The number of amidine groups is 1. The molecule has 1 saturated heterocycles. The van der Waals surface area contributed by atoms with Gasteiger partial charge < -0.3 is 25.3 Å². The lowest BCUT2D eigenvalue weighted by molar-refractivity contribution is -0.115. The fourth-order valence-corrected chi connectivity index (χ4v) is 3.57. The van der Waals surface area contributed by atoms with E-state index in [4.69, 9.17) is 19.9 Å². The number of rotatable bonds is 6. The van der Waals surface area contributed by atoms with Gasteiger partial charge in [0, 0.05) is 5.56 Å². The Morgan fingerprint density at radius 3 is 2.45 bits per heavy atom. The zero-order valence-electron chi connectivity index (χ0n) is 16.0. The largest absolute Gasteiger partial charge is 0.493 e. The van der Waals surface area contributed by atoms with Crippen LogP contribution in [0.1, 0.15) is 15.9 Å². The Bertz CT molecular complexity index is 1030. The molecule has 0 aliphatic carbocycles. The number of amides is 2. The van der Waals surface area contributed by atoms with Crippen LogP contribution < -0.4 is 25.3 Å². The second-order valence-electron chi connectivity index (χ2n) is 5.79. The monoisotopic (exact) mass is 413 g/mol. The summed E-state index contributed by atoms with van der Waals surface area (Å²) in [7, 11) is 4.55. The Morgan fingerprint density at radius 2 is 1.79 bits per heavy atom. The molecule has 1 fully saturated rings. The van der Waals surface area contributed by atoms with Crippen molar-refractivity contribution in [1.82, 2.24) is 5.32 Å². The molecular weight excluding hydrogens is 394 g/mol. The van der Waals surface area contributed by atoms with Crippen molar-refractivity contribution in [3.8, 4) is 17.2 Å². The lowest BCUT2D eigenvalue weighted by Crippen LogP contribution is -2.19. The molecule has 3 N–H and O–H groups in total. The number of hydrogen-bond acceptors (Lipinski definition) is 7. The summed E-state index contributed by atoms with van der Waals surface area (Å²) in [5.41, 5.74) is 6.67. The van der Waals surface area contributed by atoms with Crippen molar-refractivity contribution in [2.75, 3.05) is 21.3 Å². The average Bonchev–Trinajstić information content (AvgIpc) is 3.06. The van der Waals surface area contributed by atoms with Crippen LogP contribution >= 0.6 is 11.8 Å². The molecule has 29 heavy (non-hydrogen) atoms. The first-order valence-corrected chi connectivity index (χ1v) is 9.27. The van der Waals surface area contributed by atoms with Crippen molar-refractivity contribution in [3.05, 3.63) is 52.4 Å². The summed E-state index contributed by atoms with van der Waals surface area (Å²) >= 11 is 1.14. The van der Waals surface area contributed by atoms with Gasteiger partial charge in [-0.3, -0.25) is 9.59 Å². The maximum Gasteiger partial charge on any atom is 0.264 e. The van der Waals surface area contributed by atoms with E-state index in [2.05, 4.69) is 10.3 Å². The standard InChI is InChI=1S/C20H19N3O5S/c1-26-14-9-8-11(16(27-2)17(14)28-3)10-15-19(25)23-20(29-15)22-13-7-5-4-6-12(13)18(21)24/h4-10H,1-3H3,(H2,21,24)(H,22,23,25)/b15-10-. The number of nitrogens with two attached hydrogens (primary N) is 1. The molecule has 0 aromatic heterocycles. The van der Waals surface area contributed by atoms with E-state index in [0.717, 1.165) is 11.8 Å². The molecule has 1 aliphatic rings. The smallest absolute Gasteiger partial charge is 0.264 e. The van der Waals surface area contributed by atoms with E-state index < -0.39 is 5.91 Å². The van der Waals surface area contributed by atoms with E-state index in [1.54, 1.807) is 42.5 Å². The first-order chi connectivity index (χ1) is 14.0. The van der Waals surface area contributed by atoms with Gasteiger partial charge in [0.2, 0.25) is 5.75 Å². The third-order valence-corrected chi connectivity index (χ3v) is 4.97. The van der Waals surface area contributed by atoms with Gasteiger partial charge in [-0.1, -0.05) is 12.1 Å². The molecule has 0 atom stereocenters. The van der Waals surface area contributed by atoms with E-state index >= 15 is 0 Å². The zero-order chi connectivity index (χ0) is 21.0. The molecule has 150 valence electrons. The minimum atomic E-state index is -0.592. The molecular formula is C20H19N3O5S. The first kappa shape index (κ1) is 20.3. The molecule has 1 aliphatic heterocycles. The molecule has 9 heteroatoms. The van der Waals surface area contributed by atoms with Crippen LogP contribution in [0, 0.1) is 0 Å². The van der Waals surface area contributed by atoms with E-state index in [-0.39, 0.29) is 11.5 Å². The van der Waals surface area contributed by atoms with Crippen molar-refractivity contribution < 1.29 is 23.8 Å².